The molecule has 2 aliphatic heterocycles. The molecule has 12 atom stereocenters. The Morgan fingerprint density at radius 1 is 1.05 bits per heavy atom. The summed E-state index contributed by atoms with van der Waals surface area (Å²) in [6, 6.07) is -0.697. The third kappa shape index (κ3) is 10.5. The van der Waals surface area contributed by atoms with Crippen LogP contribution in [-0.4, -0.2) is 127 Å². The molecule has 0 bridgehead atoms. The molecular formula is C33H56N2O9. The number of ether oxygens (including phenoxy) is 3. The van der Waals surface area contributed by atoms with Gasteiger partial charge in [-0.1, -0.05) is 38.5 Å². The lowest BCUT2D eigenvalue weighted by Crippen LogP contribution is -2.63. The highest BCUT2D eigenvalue weighted by Crippen LogP contribution is 2.34. The molecular weight excluding hydrogens is 568 g/mol. The van der Waals surface area contributed by atoms with E-state index in [9.17, 15) is 29.7 Å². The fourth-order valence-electron chi connectivity index (χ4n) is 6.35. The molecule has 2 rings (SSSR count). The predicted octanol–water partition coefficient (Wildman–Crippen LogP) is 1.97. The number of aliphatic hydroxyl groups is 3. The van der Waals surface area contributed by atoms with Gasteiger partial charge in [-0.15, -0.1) is 0 Å². The van der Waals surface area contributed by atoms with Gasteiger partial charge in [0.15, 0.2) is 12.1 Å². The molecule has 2 aliphatic rings. The molecule has 11 nitrogen and oxygen atoms in total. The number of carbonyl (C=O) groups excluding carboxylic acids is 3. The number of cyclic esters (lactones) is 1. The molecule has 252 valence electrons. The van der Waals surface area contributed by atoms with Gasteiger partial charge >= 0.3 is 5.97 Å². The zero-order valence-corrected chi connectivity index (χ0v) is 28.0. The molecule has 0 aliphatic carbocycles. The fourth-order valence-corrected chi connectivity index (χ4v) is 6.35. The summed E-state index contributed by atoms with van der Waals surface area (Å²) in [5.41, 5.74) is 0.855. The first-order valence-corrected chi connectivity index (χ1v) is 15.8. The smallest absolute Gasteiger partial charge is 0.308 e. The highest BCUT2D eigenvalue weighted by atomic mass is 16.7. The maximum atomic E-state index is 13.2. The van der Waals surface area contributed by atoms with E-state index in [1.165, 1.54) is 6.08 Å². The lowest BCUT2D eigenvalue weighted by Gasteiger charge is -2.46. The Bertz CT molecular complexity index is 1000. The van der Waals surface area contributed by atoms with E-state index in [-0.39, 0.29) is 31.0 Å². The van der Waals surface area contributed by atoms with Gasteiger partial charge in [0.05, 0.1) is 36.9 Å². The minimum Gasteiger partial charge on any atom is -0.462 e. The molecule has 0 amide bonds. The molecule has 44 heavy (non-hydrogen) atoms. The lowest BCUT2D eigenvalue weighted by atomic mass is 9.79. The number of allylic oxidation sites excluding steroid dienone is 3. The minimum atomic E-state index is -1.25. The Kier molecular flexibility index (Phi) is 15.3. The molecule has 1 saturated heterocycles. The highest BCUT2D eigenvalue weighted by molar-refractivity contribution is 5.91. The van der Waals surface area contributed by atoms with E-state index in [0.29, 0.717) is 13.0 Å². The Hall–Kier alpha value is -1.99. The van der Waals surface area contributed by atoms with Crippen molar-refractivity contribution in [1.29, 1.82) is 0 Å². The third-order valence-electron chi connectivity index (χ3n) is 8.93. The van der Waals surface area contributed by atoms with Crippen LogP contribution in [0.3, 0.4) is 0 Å². The van der Waals surface area contributed by atoms with Crippen LogP contribution in [-0.2, 0) is 28.6 Å². The van der Waals surface area contributed by atoms with Crippen molar-refractivity contribution in [2.45, 2.75) is 109 Å². The fraction of sp³-hybridized carbons (Fsp3) is 0.788. The van der Waals surface area contributed by atoms with E-state index in [0.717, 1.165) is 11.9 Å². The zero-order valence-electron chi connectivity index (χ0n) is 28.0. The van der Waals surface area contributed by atoms with Crippen molar-refractivity contribution in [2.24, 2.45) is 23.7 Å². The number of aldehydes is 1. The Morgan fingerprint density at radius 2 is 1.70 bits per heavy atom. The second-order valence-electron chi connectivity index (χ2n) is 13.2. The first-order chi connectivity index (χ1) is 20.6. The number of likely N-dealkylation sites (N-methyl/N-ethyl adjacent to an activating group) is 1. The van der Waals surface area contributed by atoms with Crippen LogP contribution in [0.1, 0.15) is 60.3 Å². The lowest BCUT2D eigenvalue weighted by molar-refractivity contribution is -0.304. The van der Waals surface area contributed by atoms with Gasteiger partial charge in [0.25, 0.3) is 0 Å². The number of rotatable bonds is 8. The van der Waals surface area contributed by atoms with Gasteiger partial charge in [0, 0.05) is 30.7 Å². The van der Waals surface area contributed by atoms with Crippen molar-refractivity contribution in [1.82, 2.24) is 9.80 Å². The van der Waals surface area contributed by atoms with Gasteiger partial charge in [-0.3, -0.25) is 9.59 Å². The normalized spacial score (nSPS) is 40.4. The van der Waals surface area contributed by atoms with Crippen molar-refractivity contribution >= 4 is 18.0 Å². The summed E-state index contributed by atoms with van der Waals surface area (Å²) in [6.07, 6.45) is -0.0627. The Labute approximate surface area is 263 Å². The standard InChI is InChI=1S/C33H56N2O9/c1-10-27-24(18-34(6)7)15-19(2)11-12-25(37)20(3)16-23(13-14-36)32(21(4)26(38)17-28(39)43-27)44-33-31(41)29(35(8)9)30(40)22(5)42-33/h11-12,14-15,20-24,26-27,29-33,38,40-41H,10,13,16-18H2,1-9H3/b12-11+,19-15+/t20-,21+,22?,23+,24-,26-,27-,29?,30+,31?,32-,33+/m1/s1. The summed E-state index contributed by atoms with van der Waals surface area (Å²) >= 11 is 0. The maximum Gasteiger partial charge on any atom is 0.308 e. The van der Waals surface area contributed by atoms with Crippen molar-refractivity contribution in [2.75, 3.05) is 34.7 Å². The summed E-state index contributed by atoms with van der Waals surface area (Å²) < 4.78 is 18.2. The number of ketones is 1. The average Bonchev–Trinajstić information content (AvgIpc) is 2.94. The number of aliphatic hydroxyl groups excluding tert-OH is 3. The zero-order chi connectivity index (χ0) is 33.3. The van der Waals surface area contributed by atoms with E-state index in [2.05, 4.69) is 0 Å². The van der Waals surface area contributed by atoms with Crippen molar-refractivity contribution in [3.8, 4) is 0 Å². The van der Waals surface area contributed by atoms with E-state index in [1.807, 2.05) is 38.9 Å². The number of hydrogen-bond acceptors (Lipinski definition) is 11. The van der Waals surface area contributed by atoms with Gasteiger partial charge in [-0.25, -0.2) is 0 Å². The number of nitrogens with zero attached hydrogens (tertiary/aromatic N) is 2. The van der Waals surface area contributed by atoms with Gasteiger partial charge in [0.1, 0.15) is 18.5 Å². The monoisotopic (exact) mass is 624 g/mol. The van der Waals surface area contributed by atoms with E-state index in [1.54, 1.807) is 45.8 Å². The SMILES string of the molecule is CC[C@H]1OC(=O)C[C@@H](O)[C@H](C)[C@@H](O[C@@H]2OC(C)[C@H](O)C(N(C)C)C2O)[C@@H](CC=O)C[C@@H](C)C(=O)/C=C/C(C)=C/[C@@H]1CN(C)C. The Balaban J connectivity index is 2.53. The summed E-state index contributed by atoms with van der Waals surface area (Å²) in [5.74, 6) is -2.55. The van der Waals surface area contributed by atoms with Crippen molar-refractivity contribution in [3.63, 3.8) is 0 Å². The van der Waals surface area contributed by atoms with Gasteiger partial charge in [0.2, 0.25) is 0 Å². The predicted molar refractivity (Wildman–Crippen MR) is 167 cm³/mol. The van der Waals surface area contributed by atoms with Crippen LogP contribution < -0.4 is 0 Å². The van der Waals surface area contributed by atoms with Crippen molar-refractivity contribution in [3.05, 3.63) is 23.8 Å². The molecule has 3 N–H and O–H groups in total. The first-order valence-electron chi connectivity index (χ1n) is 15.8. The minimum absolute atomic E-state index is 0.0225. The molecule has 0 radical (unpaired) electrons. The van der Waals surface area contributed by atoms with Crippen molar-refractivity contribution < 1.29 is 43.9 Å². The second-order valence-corrected chi connectivity index (χ2v) is 13.2. The first kappa shape index (κ1) is 38.2. The number of esters is 1. The molecule has 0 spiro atoms. The number of carbonyl (C=O) groups is 3. The number of hydrogen-bond donors (Lipinski definition) is 3. The summed E-state index contributed by atoms with van der Waals surface area (Å²) in [5, 5.41) is 33.2. The summed E-state index contributed by atoms with van der Waals surface area (Å²) in [7, 11) is 7.34. The maximum absolute atomic E-state index is 13.2. The molecule has 2 heterocycles. The third-order valence-corrected chi connectivity index (χ3v) is 8.93. The molecule has 0 aromatic carbocycles. The molecule has 3 unspecified atom stereocenters. The highest BCUT2D eigenvalue weighted by Gasteiger charge is 2.47. The molecule has 11 heteroatoms. The summed E-state index contributed by atoms with van der Waals surface area (Å²) in [6.45, 7) is 9.63. The van der Waals surface area contributed by atoms with E-state index in [4.69, 9.17) is 14.2 Å². The molecule has 0 aromatic heterocycles. The topological polar surface area (TPSA) is 146 Å². The van der Waals surface area contributed by atoms with E-state index < -0.39 is 72.7 Å². The van der Waals surface area contributed by atoms with Crippen LogP contribution in [0, 0.1) is 23.7 Å². The van der Waals surface area contributed by atoms with Crippen LogP contribution in [0.4, 0.5) is 0 Å². The largest absolute Gasteiger partial charge is 0.462 e. The van der Waals surface area contributed by atoms with Crippen LogP contribution in [0.5, 0.6) is 0 Å². The summed E-state index contributed by atoms with van der Waals surface area (Å²) in [4.78, 5) is 42.0. The van der Waals surface area contributed by atoms with Crippen LogP contribution in [0.25, 0.3) is 0 Å². The second kappa shape index (κ2) is 17.6. The van der Waals surface area contributed by atoms with Gasteiger partial charge in [-0.2, -0.15) is 0 Å². The van der Waals surface area contributed by atoms with Crippen LogP contribution in [0.15, 0.2) is 23.8 Å². The molecule has 0 aromatic rings. The van der Waals surface area contributed by atoms with Gasteiger partial charge < -0.3 is 44.1 Å². The quantitative estimate of drug-likeness (QED) is 0.269. The van der Waals surface area contributed by atoms with Gasteiger partial charge in [-0.05, 0) is 66.9 Å². The molecule has 1 fully saturated rings. The van der Waals surface area contributed by atoms with Crippen LogP contribution in [0.2, 0.25) is 0 Å². The van der Waals surface area contributed by atoms with E-state index >= 15 is 0 Å². The average molecular weight is 625 g/mol. The molecule has 0 saturated carbocycles. The Morgan fingerprint density at radius 3 is 2.27 bits per heavy atom. The van der Waals surface area contributed by atoms with Crippen LogP contribution >= 0.6 is 0 Å².